The molecule has 0 radical (unpaired) electrons. The first-order chi connectivity index (χ1) is 40.2. The largest absolute Gasteiger partial charge is 0.369 e. The van der Waals surface area contributed by atoms with Gasteiger partial charge in [0.1, 0.15) is 22.9 Å². The Morgan fingerprint density at radius 1 is 0.570 bits per heavy atom. The van der Waals surface area contributed by atoms with Crippen LogP contribution >= 0.6 is 0 Å². The number of anilines is 1. The van der Waals surface area contributed by atoms with Gasteiger partial charge in [-0.05, 0) is 155 Å². The van der Waals surface area contributed by atoms with Crippen molar-refractivity contribution in [3.63, 3.8) is 0 Å². The highest BCUT2D eigenvalue weighted by Gasteiger charge is 2.23. The van der Waals surface area contributed by atoms with Crippen molar-refractivity contribution in [2.24, 2.45) is 20.7 Å². The highest BCUT2D eigenvalue weighted by atomic mass is 16.2. The molecule has 5 aromatic heterocycles. The molecule has 5 aliphatic heterocycles. The van der Waals surface area contributed by atoms with Gasteiger partial charge < -0.3 is 46.0 Å². The molecule has 1 unspecified atom stereocenters. The van der Waals surface area contributed by atoms with Gasteiger partial charge in [-0.15, -0.1) is 0 Å². The van der Waals surface area contributed by atoms with E-state index in [1.54, 1.807) is 62.7 Å². The van der Waals surface area contributed by atoms with Crippen LogP contribution in [0.25, 0.3) is 11.4 Å². The molecule has 0 aromatic carbocycles. The van der Waals surface area contributed by atoms with Crippen LogP contribution in [-0.4, -0.2) is 100 Å². The van der Waals surface area contributed by atoms with E-state index in [9.17, 15) is 19.2 Å². The van der Waals surface area contributed by atoms with Gasteiger partial charge >= 0.3 is 23.4 Å². The highest BCUT2D eigenvalue weighted by Crippen LogP contribution is 2.31. The van der Waals surface area contributed by atoms with Gasteiger partial charge in [0.25, 0.3) is 0 Å². The maximum atomic E-state index is 11.3. The predicted molar refractivity (Wildman–Crippen MR) is 346 cm³/mol. The van der Waals surface area contributed by atoms with Crippen molar-refractivity contribution in [1.82, 2.24) is 78.8 Å². The van der Waals surface area contributed by atoms with Gasteiger partial charge in [0.05, 0.1) is 49.1 Å². The number of carbonyl (C=O) groups is 2. The van der Waals surface area contributed by atoms with E-state index < -0.39 is 0 Å². The molecule has 0 saturated heterocycles. The number of aromatic nitrogens is 10. The summed E-state index contributed by atoms with van der Waals surface area (Å²) in [4.78, 5) is 81.3. The van der Waals surface area contributed by atoms with E-state index in [0.717, 1.165) is 62.8 Å². The number of nitrogens with one attached hydrogen (secondary N) is 5. The lowest BCUT2D eigenvalue weighted by molar-refractivity contribution is 0.205. The van der Waals surface area contributed by atoms with Crippen LogP contribution in [0.15, 0.2) is 124 Å². The number of nitrogens with two attached hydrogens (primary N) is 1. The Balaban J connectivity index is 0.000000215. The van der Waals surface area contributed by atoms with E-state index >= 15 is 0 Å². The summed E-state index contributed by atoms with van der Waals surface area (Å²) in [7, 11) is 0. The van der Waals surface area contributed by atoms with Crippen molar-refractivity contribution >= 4 is 59.5 Å². The Morgan fingerprint density at radius 2 is 1.10 bits per heavy atom. The van der Waals surface area contributed by atoms with Crippen LogP contribution in [0.3, 0.4) is 0 Å². The fourth-order valence-corrected chi connectivity index (χ4v) is 8.04. The number of allylic oxidation sites excluding steroid dienone is 2. The Bertz CT molecular complexity index is 3520. The smallest absolute Gasteiger partial charge is 0.348 e. The number of fused-ring (bicyclic) bond motifs is 3. The molecule has 7 N–H and O–H groups in total. The minimum absolute atomic E-state index is 0.0967. The molecule has 25 nitrogen and oxygen atoms in total. The van der Waals surface area contributed by atoms with Crippen molar-refractivity contribution in [2.75, 3.05) is 5.32 Å². The molecule has 0 saturated carbocycles. The highest BCUT2D eigenvalue weighted by molar-refractivity contribution is 5.94. The average molecular weight is 1180 g/mol. The summed E-state index contributed by atoms with van der Waals surface area (Å²) < 4.78 is 9.36. The van der Waals surface area contributed by atoms with Gasteiger partial charge in [0, 0.05) is 89.9 Å². The lowest BCUT2D eigenvalue weighted by Crippen LogP contribution is -2.43. The molecule has 86 heavy (non-hydrogen) atoms. The summed E-state index contributed by atoms with van der Waals surface area (Å²) in [6.07, 6.45) is 17.8. The number of hydrogen-bond donors (Lipinski definition) is 6. The number of guanidine groups is 1. The molecular weight excluding hydrogens is 1090 g/mol. The Morgan fingerprint density at radius 3 is 1.65 bits per heavy atom. The first-order valence-corrected chi connectivity index (χ1v) is 28.6. The van der Waals surface area contributed by atoms with Gasteiger partial charge in [-0.25, -0.2) is 39.1 Å². The first-order valence-electron chi connectivity index (χ1n) is 28.6. The fourth-order valence-electron chi connectivity index (χ4n) is 8.04. The second kappa shape index (κ2) is 30.9. The molecule has 0 fully saturated rings. The van der Waals surface area contributed by atoms with Crippen molar-refractivity contribution < 1.29 is 9.59 Å². The van der Waals surface area contributed by atoms with Gasteiger partial charge in [0.2, 0.25) is 0 Å². The molecule has 4 amide bonds. The van der Waals surface area contributed by atoms with Gasteiger partial charge in [-0.1, -0.05) is 26.3 Å². The van der Waals surface area contributed by atoms with E-state index in [4.69, 9.17) is 5.73 Å². The zero-order chi connectivity index (χ0) is 64.6. The van der Waals surface area contributed by atoms with Gasteiger partial charge in [0.15, 0.2) is 17.6 Å². The van der Waals surface area contributed by atoms with Crippen molar-refractivity contribution in [3.8, 4) is 0 Å². The monoisotopic (exact) mass is 1180 g/mol. The number of imidazole rings is 3. The summed E-state index contributed by atoms with van der Waals surface area (Å²) in [5.41, 5.74) is 14.4. The maximum absolute atomic E-state index is 11.3. The van der Waals surface area contributed by atoms with Gasteiger partial charge in [-0.3, -0.25) is 23.9 Å². The van der Waals surface area contributed by atoms with E-state index in [1.807, 2.05) is 124 Å². The zero-order valence-corrected chi connectivity index (χ0v) is 53.7. The third kappa shape index (κ3) is 18.5. The lowest BCUT2D eigenvalue weighted by Gasteiger charge is -2.28. The van der Waals surface area contributed by atoms with E-state index in [2.05, 4.69) is 139 Å². The molecule has 10 rings (SSSR count). The number of hydrogen-bond acceptors (Lipinski definition) is 16. The van der Waals surface area contributed by atoms with Gasteiger partial charge in [-0.2, -0.15) is 15.0 Å². The second-order valence-corrected chi connectivity index (χ2v) is 22.5. The molecule has 10 heterocycles. The summed E-state index contributed by atoms with van der Waals surface area (Å²) in [6, 6.07) is 3.69. The van der Waals surface area contributed by atoms with E-state index in [0.29, 0.717) is 41.2 Å². The van der Waals surface area contributed by atoms with Crippen LogP contribution in [0.2, 0.25) is 0 Å². The number of rotatable bonds is 7. The van der Waals surface area contributed by atoms with Crippen LogP contribution in [0.5, 0.6) is 0 Å². The quantitative estimate of drug-likeness (QED) is 0.0885. The summed E-state index contributed by atoms with van der Waals surface area (Å²) in [5.74, 6) is 3.11. The molecule has 5 aliphatic rings. The fraction of sp³-hybridized carbons (Fsp3) is 0.443. The number of aryl methyl sites for hydroxylation is 3. The molecule has 464 valence electrons. The number of urea groups is 2. The molecule has 0 aliphatic carbocycles. The van der Waals surface area contributed by atoms with Crippen molar-refractivity contribution in [1.29, 1.82) is 0 Å². The van der Waals surface area contributed by atoms with Crippen LogP contribution in [-0.2, 0) is 0 Å². The Hall–Kier alpha value is -9.42. The first kappa shape index (κ1) is 69.1. The maximum Gasteiger partial charge on any atom is 0.348 e. The minimum atomic E-state index is -0.167. The third-order valence-corrected chi connectivity index (χ3v) is 13.2. The van der Waals surface area contributed by atoms with Crippen LogP contribution in [0.4, 0.5) is 27.0 Å². The van der Waals surface area contributed by atoms with Crippen molar-refractivity contribution in [3.05, 3.63) is 154 Å². The summed E-state index contributed by atoms with van der Waals surface area (Å²) in [5, 5.41) is 14.2. The van der Waals surface area contributed by atoms with Crippen LogP contribution in [0.1, 0.15) is 181 Å². The standard InChI is InChI=1S/C9H13N5.C9H14N4.C9H12N4.2C9H14N2O.2C8H12N2O/c1-5(2)14-4-11-7-6(3)12-9(10)13-8(7)14;2*1-6(2)13-5-12-8-7(3)10-4-11-9(8)13;2*1-6(2)11-5-7(3)8(4)10-9(11)12;2*1-6(2)10-5-4-7(3)9-8(10)11/h4-5H,3H2,1-2H3,(H3,10,12,13);4-7H,1-3H3,(H,10,11);4-6H,3H2,1-2H3,(H,10,11);5-6H,1-4H3;5-6H,4H2,1-3H3,(H,10,12);4-6H,1-3H3;4-6H,3H2,1-2H3,(H,9,11). The predicted octanol–water partition coefficient (Wildman–Crippen LogP) is 10.5. The normalized spacial score (nSPS) is 15.3. The topological polar surface area (TPSA) is 287 Å². The number of aliphatic imine (C=N–C) groups is 3. The number of nitrogens with zero attached hydrogens (tertiary/aromatic N) is 15. The Kier molecular flexibility index (Phi) is 24.8. The van der Waals surface area contributed by atoms with Crippen LogP contribution < -0.4 is 43.7 Å². The van der Waals surface area contributed by atoms with Crippen LogP contribution in [0, 0.1) is 20.8 Å². The zero-order valence-electron chi connectivity index (χ0n) is 53.7. The molecule has 5 aromatic rings. The second-order valence-electron chi connectivity index (χ2n) is 22.5. The Labute approximate surface area is 506 Å². The summed E-state index contributed by atoms with van der Waals surface area (Å²) >= 11 is 0. The average Bonchev–Trinajstić information content (AvgIpc) is 2.62. The number of carbonyl (C=O) groups excluding carboxylic acids is 2. The third-order valence-electron chi connectivity index (χ3n) is 13.2. The van der Waals surface area contributed by atoms with E-state index in [-0.39, 0.29) is 53.7 Å². The molecule has 0 bridgehead atoms. The molecule has 1 atom stereocenters. The minimum Gasteiger partial charge on any atom is -0.369 e. The molecular formula is C61H91N21O4. The van der Waals surface area contributed by atoms with Crippen molar-refractivity contribution in [2.45, 2.75) is 180 Å². The summed E-state index contributed by atoms with van der Waals surface area (Å²) in [6.45, 7) is 52.9. The number of amides is 4. The van der Waals surface area contributed by atoms with E-state index in [1.165, 1.54) is 0 Å². The molecule has 0 spiro atoms. The lowest BCUT2D eigenvalue weighted by atomic mass is 10.2. The molecule has 25 heteroatoms. The SMILES string of the molecule is C=C1C=CN(C(C)C)C(=O)N1.C=C1NC(=O)N(C(C)C)C=C1C.C=C1NC(N)=Nc2c1ncn2C(C)C.C=C1NC=Nc2c1ncn2C(C)C.CC1N=CNc2c1ncn2C(C)C.Cc1ccn(C(C)C)c(=O)n1.Cc1cn(C(C)C)c(=O)nc1C.